The van der Waals surface area contributed by atoms with Crippen LogP contribution in [0, 0.1) is 0 Å². The molecule has 5 nitrogen and oxygen atoms in total. The molecule has 1 rings (SSSR count). The van der Waals surface area contributed by atoms with Gasteiger partial charge in [0.1, 0.15) is 11.4 Å². The predicted molar refractivity (Wildman–Crippen MR) is 57.3 cm³/mol. The number of hydrogen-bond donors (Lipinski definition) is 2. The van der Waals surface area contributed by atoms with Gasteiger partial charge in [0.05, 0.1) is 5.60 Å². The van der Waals surface area contributed by atoms with E-state index in [1.165, 1.54) is 0 Å². The van der Waals surface area contributed by atoms with Crippen LogP contribution >= 0.6 is 11.6 Å². The summed E-state index contributed by atoms with van der Waals surface area (Å²) < 4.78 is 12.6. The van der Waals surface area contributed by atoms with Crippen LogP contribution in [-0.2, 0) is 0 Å². The van der Waals surface area contributed by atoms with Gasteiger partial charge < -0.3 is 10.4 Å². The van der Waals surface area contributed by atoms with Crippen LogP contribution in [0.1, 0.15) is 24.2 Å². The molecule has 0 aliphatic carbocycles. The van der Waals surface area contributed by atoms with Crippen molar-refractivity contribution in [1.29, 1.82) is 0 Å². The van der Waals surface area contributed by atoms with Gasteiger partial charge in [0.25, 0.3) is 0 Å². The zero-order valence-corrected chi connectivity index (χ0v) is 9.55. The van der Waals surface area contributed by atoms with Crippen molar-refractivity contribution in [2.45, 2.75) is 19.4 Å². The van der Waals surface area contributed by atoms with Crippen molar-refractivity contribution in [3.63, 3.8) is 0 Å². The van der Waals surface area contributed by atoms with E-state index in [2.05, 4.69) is 15.3 Å². The lowest BCUT2D eigenvalue weighted by Crippen LogP contribution is -2.30. The standard InChI is InChI=1S/C9H11ClFN3O2/c1-9(2,16)4-13-7-5(6(11)15)3-12-8(10)14-7/h3,16H,4H2,1-2H3,(H,12,13,14). The van der Waals surface area contributed by atoms with Gasteiger partial charge in [-0.3, -0.25) is 4.79 Å². The lowest BCUT2D eigenvalue weighted by atomic mass is 10.1. The molecule has 1 aromatic heterocycles. The highest BCUT2D eigenvalue weighted by molar-refractivity contribution is 6.28. The van der Waals surface area contributed by atoms with Gasteiger partial charge in [0.2, 0.25) is 5.28 Å². The number of carbonyl (C=O) groups excluding carboxylic acids is 1. The van der Waals surface area contributed by atoms with Gasteiger partial charge in [0, 0.05) is 12.7 Å². The summed E-state index contributed by atoms with van der Waals surface area (Å²) in [5.41, 5.74) is -1.33. The van der Waals surface area contributed by atoms with E-state index in [1.54, 1.807) is 13.8 Å². The molecular weight excluding hydrogens is 237 g/mol. The molecule has 16 heavy (non-hydrogen) atoms. The number of anilines is 1. The molecule has 0 saturated carbocycles. The van der Waals surface area contributed by atoms with Crippen molar-refractivity contribution >= 4 is 23.5 Å². The summed E-state index contributed by atoms with van der Waals surface area (Å²) in [6, 6.07) is -1.66. The first-order chi connectivity index (χ1) is 7.29. The quantitative estimate of drug-likeness (QED) is 0.622. The molecular formula is C9H11ClFN3O2. The van der Waals surface area contributed by atoms with Gasteiger partial charge in [-0.25, -0.2) is 4.98 Å². The number of rotatable bonds is 4. The lowest BCUT2D eigenvalue weighted by Gasteiger charge is -2.18. The van der Waals surface area contributed by atoms with Crippen molar-refractivity contribution in [1.82, 2.24) is 9.97 Å². The Morgan fingerprint density at radius 3 is 2.81 bits per heavy atom. The minimum Gasteiger partial charge on any atom is -0.389 e. The number of hydrogen-bond acceptors (Lipinski definition) is 5. The normalized spacial score (nSPS) is 11.3. The Balaban J connectivity index is 2.93. The monoisotopic (exact) mass is 247 g/mol. The van der Waals surface area contributed by atoms with Crippen LogP contribution in [0.2, 0.25) is 5.28 Å². The summed E-state index contributed by atoms with van der Waals surface area (Å²) in [5, 5.41) is 12.0. The number of nitrogens with zero attached hydrogens (tertiary/aromatic N) is 2. The molecule has 7 heteroatoms. The fourth-order valence-electron chi connectivity index (χ4n) is 0.939. The van der Waals surface area contributed by atoms with Crippen LogP contribution in [0.15, 0.2) is 6.20 Å². The summed E-state index contributed by atoms with van der Waals surface area (Å²) in [6.07, 6.45) is 0.990. The second-order valence-corrected chi connectivity index (χ2v) is 4.18. The average Bonchev–Trinajstić information content (AvgIpc) is 2.13. The van der Waals surface area contributed by atoms with E-state index >= 15 is 0 Å². The maximum atomic E-state index is 12.6. The highest BCUT2D eigenvalue weighted by Gasteiger charge is 2.17. The molecule has 1 heterocycles. The van der Waals surface area contributed by atoms with Crippen molar-refractivity contribution < 1.29 is 14.3 Å². The molecule has 1 aromatic rings. The maximum Gasteiger partial charge on any atom is 0.337 e. The first-order valence-electron chi connectivity index (χ1n) is 4.48. The molecule has 0 unspecified atom stereocenters. The SMILES string of the molecule is CC(C)(O)CNc1nc(Cl)ncc1C(=O)F. The Kier molecular flexibility index (Phi) is 3.77. The zero-order valence-electron chi connectivity index (χ0n) is 8.79. The smallest absolute Gasteiger partial charge is 0.337 e. The largest absolute Gasteiger partial charge is 0.389 e. The highest BCUT2D eigenvalue weighted by Crippen LogP contribution is 2.16. The molecule has 0 aliphatic rings. The second-order valence-electron chi connectivity index (χ2n) is 3.84. The van der Waals surface area contributed by atoms with Crippen molar-refractivity contribution in [3.05, 3.63) is 17.0 Å². The summed E-state index contributed by atoms with van der Waals surface area (Å²) in [4.78, 5) is 17.8. The van der Waals surface area contributed by atoms with Gasteiger partial charge in [0.15, 0.2) is 0 Å². The Bertz CT molecular complexity index is 406. The molecule has 2 N–H and O–H groups in total. The van der Waals surface area contributed by atoms with E-state index in [-0.39, 0.29) is 23.2 Å². The van der Waals surface area contributed by atoms with Gasteiger partial charge in [-0.2, -0.15) is 9.37 Å². The Labute approximate surface area is 96.7 Å². The number of nitrogens with one attached hydrogen (secondary N) is 1. The van der Waals surface area contributed by atoms with E-state index in [0.29, 0.717) is 0 Å². The Morgan fingerprint density at radius 1 is 1.69 bits per heavy atom. The molecule has 88 valence electrons. The van der Waals surface area contributed by atoms with E-state index in [9.17, 15) is 14.3 Å². The molecule has 0 bridgehead atoms. The second kappa shape index (κ2) is 4.71. The van der Waals surface area contributed by atoms with Gasteiger partial charge in [-0.1, -0.05) is 0 Å². The third kappa shape index (κ3) is 3.71. The first kappa shape index (κ1) is 12.8. The fourth-order valence-corrected chi connectivity index (χ4v) is 1.07. The third-order valence-corrected chi connectivity index (χ3v) is 1.84. The van der Waals surface area contributed by atoms with E-state index in [0.717, 1.165) is 6.20 Å². The Morgan fingerprint density at radius 2 is 2.31 bits per heavy atom. The summed E-state index contributed by atoms with van der Waals surface area (Å²) in [7, 11) is 0. The molecule has 0 aromatic carbocycles. The molecule has 0 radical (unpaired) electrons. The topological polar surface area (TPSA) is 75.1 Å². The first-order valence-corrected chi connectivity index (χ1v) is 4.86. The minimum absolute atomic E-state index is 0.0328. The highest BCUT2D eigenvalue weighted by atomic mass is 35.5. The van der Waals surface area contributed by atoms with Crippen LogP contribution in [0.25, 0.3) is 0 Å². The van der Waals surface area contributed by atoms with E-state index in [1.807, 2.05) is 0 Å². The van der Waals surface area contributed by atoms with Crippen LogP contribution in [-0.4, -0.2) is 33.3 Å². The van der Waals surface area contributed by atoms with Crippen molar-refractivity contribution in [2.75, 3.05) is 11.9 Å². The molecule has 0 aliphatic heterocycles. The van der Waals surface area contributed by atoms with Crippen molar-refractivity contribution in [3.8, 4) is 0 Å². The molecule has 0 atom stereocenters. The maximum absolute atomic E-state index is 12.6. The third-order valence-electron chi connectivity index (χ3n) is 1.66. The molecule has 0 fully saturated rings. The minimum atomic E-state index is -1.66. The van der Waals surface area contributed by atoms with Crippen LogP contribution < -0.4 is 5.32 Å². The molecule has 0 spiro atoms. The number of aliphatic hydroxyl groups is 1. The number of aromatic nitrogens is 2. The van der Waals surface area contributed by atoms with Crippen LogP contribution in [0.3, 0.4) is 0 Å². The van der Waals surface area contributed by atoms with E-state index in [4.69, 9.17) is 11.6 Å². The number of carbonyl (C=O) groups is 1. The zero-order chi connectivity index (χ0) is 12.3. The molecule has 0 amide bonds. The van der Waals surface area contributed by atoms with Gasteiger partial charge in [-0.15, -0.1) is 0 Å². The van der Waals surface area contributed by atoms with Gasteiger partial charge >= 0.3 is 6.04 Å². The fraction of sp³-hybridized carbons (Fsp3) is 0.444. The van der Waals surface area contributed by atoms with Gasteiger partial charge in [-0.05, 0) is 25.4 Å². The lowest BCUT2D eigenvalue weighted by molar-refractivity contribution is 0.0832. The summed E-state index contributed by atoms with van der Waals surface area (Å²) >= 11 is 5.51. The molecule has 0 saturated heterocycles. The average molecular weight is 248 g/mol. The van der Waals surface area contributed by atoms with Crippen LogP contribution in [0.5, 0.6) is 0 Å². The van der Waals surface area contributed by atoms with Crippen molar-refractivity contribution in [2.24, 2.45) is 0 Å². The summed E-state index contributed by atoms with van der Waals surface area (Å²) in [5.74, 6) is -0.0328. The van der Waals surface area contributed by atoms with E-state index < -0.39 is 11.6 Å². The predicted octanol–water partition coefficient (Wildman–Crippen LogP) is 1.42. The Hall–Kier alpha value is -1.27. The number of halogens is 2. The summed E-state index contributed by atoms with van der Waals surface area (Å²) in [6.45, 7) is 3.21. The van der Waals surface area contributed by atoms with Crippen LogP contribution in [0.4, 0.5) is 10.2 Å².